The SMILES string of the molecule is [O-][NH+](O)c1ccc(Nc2nc3ccccc3o2)cc1. The molecule has 0 bridgehead atoms. The summed E-state index contributed by atoms with van der Waals surface area (Å²) in [5.74, 6) is 0. The Bertz CT molecular complexity index is 659. The summed E-state index contributed by atoms with van der Waals surface area (Å²) in [6, 6.07) is 14.2. The number of anilines is 2. The quantitative estimate of drug-likeness (QED) is 0.624. The molecule has 0 amide bonds. The molecule has 0 radical (unpaired) electrons. The van der Waals surface area contributed by atoms with Gasteiger partial charge in [-0.05, 0) is 24.3 Å². The van der Waals surface area contributed by atoms with Gasteiger partial charge in [0, 0.05) is 17.8 Å². The number of aromatic nitrogens is 1. The van der Waals surface area contributed by atoms with Crippen LogP contribution in [0.15, 0.2) is 52.9 Å². The maximum absolute atomic E-state index is 10.7. The second kappa shape index (κ2) is 4.69. The van der Waals surface area contributed by atoms with Gasteiger partial charge in [0.1, 0.15) is 5.52 Å². The fourth-order valence-electron chi connectivity index (χ4n) is 1.75. The molecule has 0 aliphatic heterocycles. The van der Waals surface area contributed by atoms with Gasteiger partial charge in [0.25, 0.3) is 6.01 Å². The molecule has 1 aromatic heterocycles. The van der Waals surface area contributed by atoms with E-state index in [0.717, 1.165) is 11.2 Å². The molecule has 6 nitrogen and oxygen atoms in total. The molecule has 1 heterocycles. The maximum atomic E-state index is 10.7. The van der Waals surface area contributed by atoms with E-state index >= 15 is 0 Å². The van der Waals surface area contributed by atoms with Crippen LogP contribution in [0.2, 0.25) is 0 Å². The molecule has 3 aromatic rings. The Morgan fingerprint density at radius 3 is 2.53 bits per heavy atom. The van der Waals surface area contributed by atoms with E-state index in [1.807, 2.05) is 24.3 Å². The van der Waals surface area contributed by atoms with E-state index in [4.69, 9.17) is 9.62 Å². The average Bonchev–Trinajstić information content (AvgIpc) is 2.81. The van der Waals surface area contributed by atoms with E-state index < -0.39 is 5.23 Å². The minimum absolute atomic E-state index is 0.239. The van der Waals surface area contributed by atoms with Crippen molar-refractivity contribution in [2.45, 2.75) is 0 Å². The summed E-state index contributed by atoms with van der Waals surface area (Å²) in [6.45, 7) is 0. The highest BCUT2D eigenvalue weighted by Crippen LogP contribution is 2.22. The second-order valence-corrected chi connectivity index (χ2v) is 3.99. The minimum atomic E-state index is -0.951. The molecule has 0 fully saturated rings. The van der Waals surface area contributed by atoms with Gasteiger partial charge < -0.3 is 14.9 Å². The fraction of sp³-hybridized carbons (Fsp3) is 0. The Labute approximate surface area is 108 Å². The monoisotopic (exact) mass is 257 g/mol. The number of oxazole rings is 1. The van der Waals surface area contributed by atoms with E-state index in [2.05, 4.69) is 10.3 Å². The molecule has 0 saturated heterocycles. The lowest BCUT2D eigenvalue weighted by Crippen LogP contribution is -2.99. The first-order chi connectivity index (χ1) is 9.22. The third-order valence-electron chi connectivity index (χ3n) is 2.68. The number of para-hydroxylation sites is 2. The Morgan fingerprint density at radius 1 is 1.11 bits per heavy atom. The van der Waals surface area contributed by atoms with Crippen LogP contribution in [0.3, 0.4) is 0 Å². The highest BCUT2D eigenvalue weighted by molar-refractivity contribution is 5.75. The summed E-state index contributed by atoms with van der Waals surface area (Å²) in [5, 5.41) is 21.6. The summed E-state index contributed by atoms with van der Waals surface area (Å²) in [4.78, 5) is 4.27. The van der Waals surface area contributed by atoms with E-state index in [1.165, 1.54) is 12.1 Å². The number of nitrogens with one attached hydrogen (secondary N) is 2. The molecule has 0 aliphatic carbocycles. The molecule has 0 saturated carbocycles. The first-order valence-electron chi connectivity index (χ1n) is 5.68. The van der Waals surface area contributed by atoms with Crippen LogP contribution in [0.25, 0.3) is 11.1 Å². The summed E-state index contributed by atoms with van der Waals surface area (Å²) in [5.41, 5.74) is 2.43. The van der Waals surface area contributed by atoms with E-state index in [-0.39, 0.29) is 5.69 Å². The van der Waals surface area contributed by atoms with E-state index in [9.17, 15) is 5.21 Å². The van der Waals surface area contributed by atoms with Crippen molar-refractivity contribution in [1.29, 1.82) is 0 Å². The van der Waals surface area contributed by atoms with Crippen molar-refractivity contribution in [3.8, 4) is 0 Å². The zero-order chi connectivity index (χ0) is 13.2. The number of hydrogen-bond acceptors (Lipinski definition) is 5. The number of hydrogen-bond donors (Lipinski definition) is 3. The molecule has 1 unspecified atom stereocenters. The van der Waals surface area contributed by atoms with Crippen molar-refractivity contribution in [3.05, 3.63) is 53.7 Å². The van der Waals surface area contributed by atoms with Crippen molar-refractivity contribution in [2.24, 2.45) is 0 Å². The standard InChI is InChI=1S/C13H11N3O3/c17-16(18)10-7-5-9(6-8-10)14-13-15-11-3-1-2-4-12(11)19-13/h1-8,16-17H,(H,14,15). The fourth-order valence-corrected chi connectivity index (χ4v) is 1.75. The van der Waals surface area contributed by atoms with Crippen molar-refractivity contribution < 1.29 is 14.9 Å². The molecule has 0 aliphatic rings. The largest absolute Gasteiger partial charge is 0.595 e. The van der Waals surface area contributed by atoms with Crippen LogP contribution in [0, 0.1) is 5.21 Å². The van der Waals surface area contributed by atoms with Gasteiger partial charge >= 0.3 is 0 Å². The van der Waals surface area contributed by atoms with Crippen molar-refractivity contribution in [2.75, 3.05) is 5.32 Å². The molecule has 6 heteroatoms. The lowest BCUT2D eigenvalue weighted by atomic mass is 10.3. The van der Waals surface area contributed by atoms with Crippen LogP contribution >= 0.6 is 0 Å². The van der Waals surface area contributed by atoms with Gasteiger partial charge in [-0.2, -0.15) is 10.2 Å². The zero-order valence-electron chi connectivity index (χ0n) is 9.83. The lowest BCUT2D eigenvalue weighted by Gasteiger charge is -2.11. The van der Waals surface area contributed by atoms with E-state index in [1.54, 1.807) is 12.1 Å². The molecular weight excluding hydrogens is 246 g/mol. The van der Waals surface area contributed by atoms with Gasteiger partial charge in [-0.1, -0.05) is 12.1 Å². The topological polar surface area (TPSA) is 85.8 Å². The van der Waals surface area contributed by atoms with Crippen molar-refractivity contribution in [3.63, 3.8) is 0 Å². The van der Waals surface area contributed by atoms with Gasteiger partial charge in [0.2, 0.25) is 0 Å². The molecule has 19 heavy (non-hydrogen) atoms. The van der Waals surface area contributed by atoms with Gasteiger partial charge in [-0.15, -0.1) is 0 Å². The lowest BCUT2D eigenvalue weighted by molar-refractivity contribution is -0.991. The van der Waals surface area contributed by atoms with Crippen LogP contribution in [-0.4, -0.2) is 10.2 Å². The van der Waals surface area contributed by atoms with Gasteiger partial charge in [-0.25, -0.2) is 5.21 Å². The highest BCUT2D eigenvalue weighted by Gasteiger charge is 2.05. The zero-order valence-corrected chi connectivity index (χ0v) is 9.83. The van der Waals surface area contributed by atoms with Crippen LogP contribution in [-0.2, 0) is 0 Å². The van der Waals surface area contributed by atoms with Gasteiger partial charge in [-0.3, -0.25) is 0 Å². The third-order valence-corrected chi connectivity index (χ3v) is 2.68. The number of rotatable bonds is 3. The maximum Gasteiger partial charge on any atom is 0.300 e. The molecule has 3 N–H and O–H groups in total. The van der Waals surface area contributed by atoms with Crippen LogP contribution < -0.4 is 10.5 Å². The third kappa shape index (κ3) is 2.41. The van der Waals surface area contributed by atoms with E-state index in [0.29, 0.717) is 11.6 Å². The molecule has 0 spiro atoms. The normalized spacial score (nSPS) is 12.5. The molecule has 2 aromatic carbocycles. The molecule has 1 atom stereocenters. The van der Waals surface area contributed by atoms with Crippen molar-refractivity contribution in [1.82, 2.24) is 4.98 Å². The minimum Gasteiger partial charge on any atom is -0.595 e. The van der Waals surface area contributed by atoms with Crippen LogP contribution in [0.5, 0.6) is 0 Å². The van der Waals surface area contributed by atoms with Crippen molar-refractivity contribution >= 4 is 28.5 Å². The summed E-state index contributed by atoms with van der Waals surface area (Å²) in [6.07, 6.45) is 0. The Balaban J connectivity index is 1.84. The first-order valence-corrected chi connectivity index (χ1v) is 5.68. The number of fused-ring (bicyclic) bond motifs is 1. The summed E-state index contributed by atoms with van der Waals surface area (Å²) < 4.78 is 5.51. The molecular formula is C13H11N3O3. The highest BCUT2D eigenvalue weighted by atomic mass is 16.8. The Kier molecular flexibility index (Phi) is 2.88. The summed E-state index contributed by atoms with van der Waals surface area (Å²) >= 11 is 0. The summed E-state index contributed by atoms with van der Waals surface area (Å²) in [7, 11) is 0. The Hall–Kier alpha value is -2.41. The number of benzene rings is 2. The predicted molar refractivity (Wildman–Crippen MR) is 69.5 cm³/mol. The first kappa shape index (κ1) is 11.7. The second-order valence-electron chi connectivity index (χ2n) is 3.99. The van der Waals surface area contributed by atoms with Gasteiger partial charge in [0.15, 0.2) is 11.3 Å². The number of nitrogens with zero attached hydrogens (tertiary/aromatic N) is 1. The molecule has 96 valence electrons. The Morgan fingerprint density at radius 2 is 1.84 bits per heavy atom. The smallest absolute Gasteiger partial charge is 0.300 e. The predicted octanol–water partition coefficient (Wildman–Crippen LogP) is 1.97. The average molecular weight is 257 g/mol. The molecule has 3 rings (SSSR count). The van der Waals surface area contributed by atoms with Gasteiger partial charge in [0.05, 0.1) is 0 Å². The number of quaternary nitrogens is 1. The van der Waals surface area contributed by atoms with Crippen LogP contribution in [0.4, 0.5) is 17.4 Å². The van der Waals surface area contributed by atoms with Crippen LogP contribution in [0.1, 0.15) is 0 Å².